The lowest BCUT2D eigenvalue weighted by molar-refractivity contribution is 0.420. The van der Waals surface area contributed by atoms with Gasteiger partial charge in [-0.1, -0.05) is 131 Å². The largest absolute Gasteiger partial charge is 0.310 e. The van der Waals surface area contributed by atoms with E-state index in [4.69, 9.17) is 0 Å². The van der Waals surface area contributed by atoms with Gasteiger partial charge in [0.25, 0.3) is 0 Å². The maximum Gasteiger partial charge on any atom is 0.0540 e. The third kappa shape index (κ3) is 5.18. The van der Waals surface area contributed by atoms with Crippen LogP contribution in [0.4, 0.5) is 17.1 Å². The van der Waals surface area contributed by atoms with Gasteiger partial charge >= 0.3 is 0 Å². The first-order valence-electron chi connectivity index (χ1n) is 19.8. The van der Waals surface area contributed by atoms with E-state index in [0.29, 0.717) is 5.92 Å². The van der Waals surface area contributed by atoms with Crippen molar-refractivity contribution in [2.45, 2.75) is 88.9 Å². The van der Waals surface area contributed by atoms with Crippen LogP contribution in [0.1, 0.15) is 106 Å². The van der Waals surface area contributed by atoms with Crippen LogP contribution in [0.15, 0.2) is 127 Å². The highest BCUT2D eigenvalue weighted by Crippen LogP contribution is 2.56. The van der Waals surface area contributed by atoms with E-state index in [9.17, 15) is 0 Å². The van der Waals surface area contributed by atoms with Gasteiger partial charge in [-0.2, -0.15) is 0 Å². The Hall–Kier alpha value is -4.62. The fourth-order valence-electron chi connectivity index (χ4n) is 10.9. The van der Waals surface area contributed by atoms with Crippen molar-refractivity contribution in [2.24, 2.45) is 11.8 Å². The predicted molar refractivity (Wildman–Crippen MR) is 216 cm³/mol. The molecule has 0 heterocycles. The summed E-state index contributed by atoms with van der Waals surface area (Å²) in [6.45, 7) is 4.83. The van der Waals surface area contributed by atoms with Crippen molar-refractivity contribution in [1.82, 2.24) is 0 Å². The summed E-state index contributed by atoms with van der Waals surface area (Å²) >= 11 is 0. The summed E-state index contributed by atoms with van der Waals surface area (Å²) in [5.41, 5.74) is 14.8. The number of rotatable bonds is 6. The van der Waals surface area contributed by atoms with E-state index in [1.54, 1.807) is 5.56 Å². The molecule has 0 radical (unpaired) electrons. The molecule has 3 saturated carbocycles. The Morgan fingerprint density at radius 2 is 1.35 bits per heavy atom. The number of fused-ring (bicyclic) bond motifs is 6. The second-order valence-electron chi connectivity index (χ2n) is 16.8. The number of hydrogen-bond acceptors (Lipinski definition) is 1. The molecule has 0 spiro atoms. The van der Waals surface area contributed by atoms with Gasteiger partial charge in [-0.15, -0.1) is 0 Å². The zero-order chi connectivity index (χ0) is 34.1. The van der Waals surface area contributed by atoms with Crippen LogP contribution in [0.25, 0.3) is 33.0 Å². The van der Waals surface area contributed by atoms with E-state index < -0.39 is 0 Å². The number of anilines is 3. The normalized spacial score (nSPS) is 21.9. The predicted octanol–water partition coefficient (Wildman–Crippen LogP) is 14.2. The zero-order valence-electron chi connectivity index (χ0n) is 30.2. The Balaban J connectivity index is 1.19. The van der Waals surface area contributed by atoms with Crippen molar-refractivity contribution in [3.63, 3.8) is 0 Å². The molecule has 6 aromatic carbocycles. The lowest BCUT2D eigenvalue weighted by Gasteiger charge is -2.31. The van der Waals surface area contributed by atoms with Crippen molar-refractivity contribution in [3.8, 4) is 22.3 Å². The first-order valence-corrected chi connectivity index (χ1v) is 19.8. The van der Waals surface area contributed by atoms with Crippen molar-refractivity contribution in [1.29, 1.82) is 0 Å². The van der Waals surface area contributed by atoms with Crippen LogP contribution in [0, 0.1) is 11.8 Å². The first-order chi connectivity index (χ1) is 25.0. The third-order valence-corrected chi connectivity index (χ3v) is 13.5. The summed E-state index contributed by atoms with van der Waals surface area (Å²) in [5.74, 6) is 3.21. The van der Waals surface area contributed by atoms with Gasteiger partial charge < -0.3 is 4.90 Å². The van der Waals surface area contributed by atoms with Gasteiger partial charge in [-0.25, -0.2) is 0 Å². The summed E-state index contributed by atoms with van der Waals surface area (Å²) in [4.78, 5) is 2.59. The van der Waals surface area contributed by atoms with Gasteiger partial charge in [0.2, 0.25) is 0 Å². The fraction of sp³-hybridized carbons (Fsp3) is 0.320. The first kappa shape index (κ1) is 31.1. The lowest BCUT2D eigenvalue weighted by Crippen LogP contribution is -2.17. The van der Waals surface area contributed by atoms with Crippen molar-refractivity contribution >= 4 is 27.8 Å². The van der Waals surface area contributed by atoms with Gasteiger partial charge in [0, 0.05) is 22.2 Å². The fourth-order valence-corrected chi connectivity index (χ4v) is 10.9. The molecule has 51 heavy (non-hydrogen) atoms. The van der Waals surface area contributed by atoms with Crippen LogP contribution >= 0.6 is 0 Å². The molecule has 3 fully saturated rings. The summed E-state index contributed by atoms with van der Waals surface area (Å²) in [5, 5.41) is 2.66. The van der Waals surface area contributed by atoms with Crippen LogP contribution in [-0.4, -0.2) is 0 Å². The smallest absolute Gasteiger partial charge is 0.0540 e. The lowest BCUT2D eigenvalue weighted by atomic mass is 9.81. The molecular weight excluding hydrogens is 615 g/mol. The summed E-state index contributed by atoms with van der Waals surface area (Å²) in [6, 6.07) is 49.3. The molecular formula is C50H49N. The van der Waals surface area contributed by atoms with E-state index in [2.05, 4.69) is 146 Å². The minimum Gasteiger partial charge on any atom is -0.310 e. The molecule has 254 valence electrons. The van der Waals surface area contributed by atoms with Crippen LogP contribution in [0.2, 0.25) is 0 Å². The average Bonchev–Trinajstić information content (AvgIpc) is 3.89. The Morgan fingerprint density at radius 3 is 2.14 bits per heavy atom. The van der Waals surface area contributed by atoms with Crippen molar-refractivity contribution in [3.05, 3.63) is 150 Å². The molecule has 1 heteroatoms. The molecule has 4 aliphatic carbocycles. The topological polar surface area (TPSA) is 3.24 Å². The highest BCUT2D eigenvalue weighted by Gasteiger charge is 2.40. The van der Waals surface area contributed by atoms with Crippen molar-refractivity contribution in [2.75, 3.05) is 4.90 Å². The van der Waals surface area contributed by atoms with E-state index >= 15 is 0 Å². The van der Waals surface area contributed by atoms with E-state index in [1.807, 2.05) is 0 Å². The molecule has 6 aromatic rings. The zero-order valence-corrected chi connectivity index (χ0v) is 30.2. The number of nitrogens with zero attached hydrogens (tertiary/aromatic N) is 1. The number of benzene rings is 6. The molecule has 3 unspecified atom stereocenters. The Kier molecular flexibility index (Phi) is 7.49. The van der Waals surface area contributed by atoms with Crippen molar-refractivity contribution < 1.29 is 0 Å². The molecule has 4 aliphatic rings. The minimum atomic E-state index is -0.115. The molecule has 1 nitrogen and oxygen atoms in total. The van der Waals surface area contributed by atoms with Crippen LogP contribution in [-0.2, 0) is 5.41 Å². The molecule has 2 bridgehead atoms. The molecule has 3 atom stereocenters. The van der Waals surface area contributed by atoms with Gasteiger partial charge in [0.05, 0.1) is 5.69 Å². The Labute approximate surface area is 304 Å². The number of hydrogen-bond donors (Lipinski definition) is 0. The second kappa shape index (κ2) is 12.3. The summed E-state index contributed by atoms with van der Waals surface area (Å²) < 4.78 is 0. The van der Waals surface area contributed by atoms with Crippen LogP contribution < -0.4 is 4.90 Å². The minimum absolute atomic E-state index is 0.115. The quantitative estimate of drug-likeness (QED) is 0.171. The standard InChI is InChI=1S/C50H49N/c1-50(2)46-18-10-9-17-42(46)49-45(35-14-7-4-8-15-35)31-41(32-47(49)50)51(40-26-24-37(25-27-40)43-29-33-20-21-39(43)28-33)48-19-11-16-36-22-23-38(30-44(36)48)34-12-5-3-6-13-34/h4,7-11,14-19,22-27,30-34,39,43H,3,5-6,12-13,20-21,28-29H2,1-2H3. The highest BCUT2D eigenvalue weighted by atomic mass is 15.1. The van der Waals surface area contributed by atoms with Gasteiger partial charge in [-0.3, -0.25) is 0 Å². The summed E-state index contributed by atoms with van der Waals surface area (Å²) in [6.07, 6.45) is 12.4. The average molecular weight is 664 g/mol. The van der Waals surface area contributed by atoms with Gasteiger partial charge in [0.15, 0.2) is 0 Å². The Morgan fingerprint density at radius 1 is 0.569 bits per heavy atom. The van der Waals surface area contributed by atoms with Crippen LogP contribution in [0.5, 0.6) is 0 Å². The van der Waals surface area contributed by atoms with E-state index in [1.165, 1.54) is 125 Å². The highest BCUT2D eigenvalue weighted by molar-refractivity contribution is 6.01. The molecule has 0 amide bonds. The van der Waals surface area contributed by atoms with Gasteiger partial charge in [0.1, 0.15) is 0 Å². The monoisotopic (exact) mass is 663 g/mol. The second-order valence-corrected chi connectivity index (χ2v) is 16.8. The molecule has 0 saturated heterocycles. The molecule has 0 aliphatic heterocycles. The molecule has 0 N–H and O–H groups in total. The maximum absolute atomic E-state index is 2.59. The molecule has 0 aromatic heterocycles. The Bertz CT molecular complexity index is 2240. The van der Waals surface area contributed by atoms with E-state index in [-0.39, 0.29) is 5.41 Å². The van der Waals surface area contributed by atoms with Gasteiger partial charge in [-0.05, 0) is 142 Å². The molecule has 10 rings (SSSR count). The summed E-state index contributed by atoms with van der Waals surface area (Å²) in [7, 11) is 0. The van der Waals surface area contributed by atoms with Crippen LogP contribution in [0.3, 0.4) is 0 Å². The maximum atomic E-state index is 2.59. The SMILES string of the molecule is CC1(C)c2ccccc2-c2c(-c3ccccc3)cc(N(c3ccc(C4CC5CCC4C5)cc3)c3cccc4ccc(C5CCCCC5)cc34)cc21. The van der Waals surface area contributed by atoms with E-state index in [0.717, 1.165) is 17.8 Å². The third-order valence-electron chi connectivity index (χ3n) is 13.5.